The number of aliphatic hydroxyl groups is 1. The molecule has 0 aromatic heterocycles. The van der Waals surface area contributed by atoms with Gasteiger partial charge in [0.1, 0.15) is 0 Å². The van der Waals surface area contributed by atoms with Crippen LogP contribution < -0.4 is 0 Å². The van der Waals surface area contributed by atoms with Gasteiger partial charge in [-0.2, -0.15) is 0 Å². The van der Waals surface area contributed by atoms with Crippen molar-refractivity contribution in [1.82, 2.24) is 9.80 Å². The van der Waals surface area contributed by atoms with Crippen molar-refractivity contribution in [3.8, 4) is 0 Å². The van der Waals surface area contributed by atoms with Gasteiger partial charge in [-0.25, -0.2) is 0 Å². The fraction of sp³-hybridized carbons (Fsp3) is 0.625. The molecule has 2 heterocycles. The molecule has 2 atom stereocenters. The molecule has 1 aromatic carbocycles. The maximum Gasteiger partial charge on any atom is 0.0950 e. The summed E-state index contributed by atoms with van der Waals surface area (Å²) in [7, 11) is 0. The van der Waals surface area contributed by atoms with Gasteiger partial charge in [0.15, 0.2) is 0 Å². The first-order chi connectivity index (χ1) is 9.83. The monoisotopic (exact) mass is 276 g/mol. The maximum absolute atomic E-state index is 9.95. The van der Waals surface area contributed by atoms with Crippen LogP contribution in [0, 0.1) is 0 Å². The third-order valence-electron chi connectivity index (χ3n) is 4.36. The molecule has 0 amide bonds. The van der Waals surface area contributed by atoms with E-state index in [1.807, 2.05) is 0 Å². The van der Waals surface area contributed by atoms with Crippen LogP contribution in [0.25, 0.3) is 0 Å². The van der Waals surface area contributed by atoms with E-state index in [4.69, 9.17) is 4.74 Å². The van der Waals surface area contributed by atoms with Crippen LogP contribution in [0.5, 0.6) is 0 Å². The van der Waals surface area contributed by atoms with E-state index in [0.717, 1.165) is 39.1 Å². The van der Waals surface area contributed by atoms with Gasteiger partial charge in [-0.3, -0.25) is 9.80 Å². The molecule has 3 rings (SSSR count). The Labute approximate surface area is 120 Å². The molecule has 0 aliphatic carbocycles. The number of nitrogens with zero attached hydrogens (tertiary/aromatic N) is 2. The molecular weight excluding hydrogens is 252 g/mol. The quantitative estimate of drug-likeness (QED) is 0.892. The van der Waals surface area contributed by atoms with Crippen molar-refractivity contribution in [2.45, 2.75) is 25.1 Å². The van der Waals surface area contributed by atoms with Gasteiger partial charge < -0.3 is 9.84 Å². The van der Waals surface area contributed by atoms with Crippen LogP contribution in [-0.4, -0.2) is 66.4 Å². The van der Waals surface area contributed by atoms with Gasteiger partial charge in [-0.1, -0.05) is 30.3 Å². The summed E-state index contributed by atoms with van der Waals surface area (Å²) in [6, 6.07) is 10.9. The zero-order valence-corrected chi connectivity index (χ0v) is 11.9. The van der Waals surface area contributed by atoms with Crippen molar-refractivity contribution in [1.29, 1.82) is 0 Å². The van der Waals surface area contributed by atoms with E-state index in [1.165, 1.54) is 5.56 Å². The molecule has 1 N–H and O–H groups in total. The number of hydrogen-bond donors (Lipinski definition) is 1. The summed E-state index contributed by atoms with van der Waals surface area (Å²) in [5, 5.41) is 9.95. The minimum absolute atomic E-state index is 0.201. The largest absolute Gasteiger partial charge is 0.389 e. The summed E-state index contributed by atoms with van der Waals surface area (Å²) in [4.78, 5) is 4.92. The number of rotatable bonds is 3. The number of aliphatic hydroxyl groups excluding tert-OH is 1. The highest BCUT2D eigenvalue weighted by Gasteiger charge is 2.32. The van der Waals surface area contributed by atoms with E-state index >= 15 is 0 Å². The van der Waals surface area contributed by atoms with E-state index < -0.39 is 0 Å². The zero-order valence-electron chi connectivity index (χ0n) is 11.9. The van der Waals surface area contributed by atoms with Crippen LogP contribution in [0.3, 0.4) is 0 Å². The Morgan fingerprint density at radius 2 is 1.90 bits per heavy atom. The molecular formula is C16H24N2O2. The van der Waals surface area contributed by atoms with Crippen LogP contribution in [0.1, 0.15) is 12.0 Å². The van der Waals surface area contributed by atoms with Crippen molar-refractivity contribution in [2.24, 2.45) is 0 Å². The van der Waals surface area contributed by atoms with Crippen LogP contribution in [-0.2, 0) is 11.3 Å². The lowest BCUT2D eigenvalue weighted by molar-refractivity contribution is 0.0837. The molecule has 2 saturated heterocycles. The summed E-state index contributed by atoms with van der Waals surface area (Å²) >= 11 is 0. The van der Waals surface area contributed by atoms with E-state index in [2.05, 4.69) is 40.1 Å². The average molecular weight is 276 g/mol. The first-order valence-corrected chi connectivity index (χ1v) is 7.59. The summed E-state index contributed by atoms with van der Waals surface area (Å²) in [6.07, 6.45) is 0.853. The molecule has 2 fully saturated rings. The molecule has 2 aliphatic heterocycles. The predicted molar refractivity (Wildman–Crippen MR) is 78.5 cm³/mol. The Balaban J connectivity index is 1.54. The normalized spacial score (nSPS) is 29.4. The molecule has 4 heteroatoms. The van der Waals surface area contributed by atoms with Crippen molar-refractivity contribution < 1.29 is 9.84 Å². The molecule has 4 nitrogen and oxygen atoms in total. The smallest absolute Gasteiger partial charge is 0.0950 e. The first-order valence-electron chi connectivity index (χ1n) is 7.59. The standard InChI is InChI=1S/C16H24N2O2/c19-16-13-20-12-15(16)18-8-4-7-17(9-10-18)11-14-5-2-1-3-6-14/h1-3,5-6,15-16,19H,4,7-13H2. The Bertz CT molecular complexity index is 412. The van der Waals surface area contributed by atoms with Crippen molar-refractivity contribution in [3.63, 3.8) is 0 Å². The van der Waals surface area contributed by atoms with Gasteiger partial charge >= 0.3 is 0 Å². The highest BCUT2D eigenvalue weighted by atomic mass is 16.5. The Morgan fingerprint density at radius 3 is 2.65 bits per heavy atom. The molecule has 0 spiro atoms. The van der Waals surface area contributed by atoms with E-state index in [-0.39, 0.29) is 12.1 Å². The molecule has 0 bridgehead atoms. The van der Waals surface area contributed by atoms with Gasteiger partial charge in [-0.15, -0.1) is 0 Å². The minimum atomic E-state index is -0.310. The Morgan fingerprint density at radius 1 is 1.05 bits per heavy atom. The second-order valence-electron chi connectivity index (χ2n) is 5.82. The molecule has 2 unspecified atom stereocenters. The first kappa shape index (κ1) is 14.0. The topological polar surface area (TPSA) is 35.9 Å². The molecule has 20 heavy (non-hydrogen) atoms. The highest BCUT2D eigenvalue weighted by Crippen LogP contribution is 2.16. The number of hydrogen-bond acceptors (Lipinski definition) is 4. The second kappa shape index (κ2) is 6.68. The lowest BCUT2D eigenvalue weighted by atomic mass is 10.2. The number of benzene rings is 1. The van der Waals surface area contributed by atoms with Gasteiger partial charge in [0, 0.05) is 19.6 Å². The maximum atomic E-state index is 9.95. The summed E-state index contributed by atoms with van der Waals surface area (Å²) < 4.78 is 5.38. The van der Waals surface area contributed by atoms with Gasteiger partial charge in [0.2, 0.25) is 0 Å². The van der Waals surface area contributed by atoms with E-state index in [9.17, 15) is 5.11 Å². The molecule has 110 valence electrons. The van der Waals surface area contributed by atoms with Gasteiger partial charge in [0.25, 0.3) is 0 Å². The third kappa shape index (κ3) is 3.38. The molecule has 1 aromatic rings. The second-order valence-corrected chi connectivity index (χ2v) is 5.82. The number of ether oxygens (including phenoxy) is 1. The SMILES string of the molecule is OC1COCC1N1CCCN(Cc2ccccc2)CC1. The molecule has 2 aliphatic rings. The van der Waals surface area contributed by atoms with Crippen LogP contribution in [0.4, 0.5) is 0 Å². The summed E-state index contributed by atoms with van der Waals surface area (Å²) in [5.41, 5.74) is 1.38. The van der Waals surface area contributed by atoms with Crippen LogP contribution >= 0.6 is 0 Å². The van der Waals surface area contributed by atoms with Crippen molar-refractivity contribution in [3.05, 3.63) is 35.9 Å². The Hall–Kier alpha value is -0.940. The summed E-state index contributed by atoms with van der Waals surface area (Å²) in [6.45, 7) is 6.49. The lowest BCUT2D eigenvalue weighted by Gasteiger charge is -2.28. The van der Waals surface area contributed by atoms with Crippen molar-refractivity contribution in [2.75, 3.05) is 39.4 Å². The average Bonchev–Trinajstić information content (AvgIpc) is 2.76. The van der Waals surface area contributed by atoms with Crippen molar-refractivity contribution >= 4 is 0 Å². The fourth-order valence-corrected chi connectivity index (χ4v) is 3.20. The van der Waals surface area contributed by atoms with Gasteiger partial charge in [-0.05, 0) is 25.1 Å². The third-order valence-corrected chi connectivity index (χ3v) is 4.36. The molecule has 0 saturated carbocycles. The lowest BCUT2D eigenvalue weighted by Crippen LogP contribution is -2.44. The highest BCUT2D eigenvalue weighted by molar-refractivity contribution is 5.14. The van der Waals surface area contributed by atoms with Crippen LogP contribution in [0.2, 0.25) is 0 Å². The zero-order chi connectivity index (χ0) is 13.8. The minimum Gasteiger partial charge on any atom is -0.389 e. The predicted octanol–water partition coefficient (Wildman–Crippen LogP) is 0.954. The molecule has 0 radical (unpaired) electrons. The fourth-order valence-electron chi connectivity index (χ4n) is 3.20. The summed E-state index contributed by atoms with van der Waals surface area (Å²) in [5.74, 6) is 0. The van der Waals surface area contributed by atoms with E-state index in [0.29, 0.717) is 13.2 Å². The Kier molecular flexibility index (Phi) is 4.68. The van der Waals surface area contributed by atoms with E-state index in [1.54, 1.807) is 0 Å². The van der Waals surface area contributed by atoms with Gasteiger partial charge in [0.05, 0.1) is 25.4 Å². The van der Waals surface area contributed by atoms with Crippen LogP contribution in [0.15, 0.2) is 30.3 Å².